The van der Waals surface area contributed by atoms with Crippen molar-refractivity contribution in [1.29, 1.82) is 0 Å². The van der Waals surface area contributed by atoms with E-state index in [4.69, 9.17) is 4.74 Å². The molecule has 1 atom stereocenters. The van der Waals surface area contributed by atoms with Crippen LogP contribution in [0, 0.1) is 0 Å². The second-order valence-electron chi connectivity index (χ2n) is 6.52. The molecule has 0 bridgehead atoms. The Morgan fingerprint density at radius 2 is 1.71 bits per heavy atom. The van der Waals surface area contributed by atoms with E-state index in [0.29, 0.717) is 6.42 Å². The van der Waals surface area contributed by atoms with E-state index in [2.05, 4.69) is 4.74 Å². The average molecular weight is 335 g/mol. The van der Waals surface area contributed by atoms with E-state index in [-0.39, 0.29) is 5.78 Å². The molecule has 1 aromatic carbocycles. The van der Waals surface area contributed by atoms with Crippen molar-refractivity contribution in [3.63, 3.8) is 0 Å². The van der Waals surface area contributed by atoms with Crippen molar-refractivity contribution in [2.75, 3.05) is 14.2 Å². The Morgan fingerprint density at radius 3 is 2.21 bits per heavy atom. The predicted octanol–water partition coefficient (Wildman–Crippen LogP) is 2.60. The lowest BCUT2D eigenvalue weighted by atomic mass is 9.99. The van der Waals surface area contributed by atoms with Crippen molar-refractivity contribution in [2.45, 2.75) is 45.3 Å². The van der Waals surface area contributed by atoms with Gasteiger partial charge in [-0.1, -0.05) is 30.3 Å². The number of esters is 1. The zero-order valence-electron chi connectivity index (χ0n) is 14.9. The summed E-state index contributed by atoms with van der Waals surface area (Å²) in [5.41, 5.74) is 0.219. The minimum Gasteiger partial charge on any atom is -0.460 e. The zero-order chi connectivity index (χ0) is 18.3. The Bertz CT molecular complexity index is 577. The van der Waals surface area contributed by atoms with E-state index in [1.807, 2.05) is 30.3 Å². The maximum atomic E-state index is 12.6. The van der Waals surface area contributed by atoms with Crippen LogP contribution in [-0.4, -0.2) is 48.5 Å². The third-order valence-corrected chi connectivity index (χ3v) is 3.31. The number of rotatable bonds is 6. The van der Waals surface area contributed by atoms with E-state index in [0.717, 1.165) is 5.56 Å². The second kappa shape index (κ2) is 8.47. The van der Waals surface area contributed by atoms with Crippen LogP contribution in [0.2, 0.25) is 0 Å². The third kappa shape index (κ3) is 6.40. The van der Waals surface area contributed by atoms with Crippen molar-refractivity contribution >= 4 is 17.8 Å². The molecule has 0 aliphatic carbocycles. The average Bonchev–Trinajstić information content (AvgIpc) is 2.50. The molecule has 0 aliphatic heterocycles. The summed E-state index contributed by atoms with van der Waals surface area (Å²) in [4.78, 5) is 37.5. The van der Waals surface area contributed by atoms with Gasteiger partial charge >= 0.3 is 12.1 Å². The molecule has 0 N–H and O–H groups in total. The minimum absolute atomic E-state index is 0.300. The van der Waals surface area contributed by atoms with Crippen LogP contribution in [0.15, 0.2) is 30.3 Å². The maximum Gasteiger partial charge on any atom is 0.409 e. The summed E-state index contributed by atoms with van der Waals surface area (Å²) in [6.07, 6.45) is -0.724. The normalized spacial score (nSPS) is 12.2. The van der Waals surface area contributed by atoms with Crippen molar-refractivity contribution in [2.24, 2.45) is 0 Å². The molecular formula is C18H25NO5. The summed E-state index contributed by atoms with van der Waals surface area (Å²) in [6, 6.07) is 8.49. The van der Waals surface area contributed by atoms with Gasteiger partial charge in [0.1, 0.15) is 12.0 Å². The summed E-state index contributed by atoms with van der Waals surface area (Å²) in [5, 5.41) is 0. The first-order chi connectivity index (χ1) is 11.1. The highest BCUT2D eigenvalue weighted by molar-refractivity contribution is 5.99. The van der Waals surface area contributed by atoms with Gasteiger partial charge in [0, 0.05) is 13.5 Å². The zero-order valence-corrected chi connectivity index (χ0v) is 14.9. The highest BCUT2D eigenvalue weighted by Crippen LogP contribution is 2.14. The van der Waals surface area contributed by atoms with E-state index >= 15 is 0 Å². The molecule has 0 spiro atoms. The molecule has 0 saturated heterocycles. The molecule has 0 aromatic heterocycles. The highest BCUT2D eigenvalue weighted by atomic mass is 16.6. The second-order valence-corrected chi connectivity index (χ2v) is 6.52. The Balaban J connectivity index is 2.89. The van der Waals surface area contributed by atoms with Crippen molar-refractivity contribution in [1.82, 2.24) is 4.90 Å². The monoisotopic (exact) mass is 335 g/mol. The number of Topliss-reactive ketones (excluding diaryl/α,β-unsaturated/α-hetero) is 1. The highest BCUT2D eigenvalue weighted by Gasteiger charge is 2.30. The quantitative estimate of drug-likeness (QED) is 0.590. The van der Waals surface area contributed by atoms with Crippen LogP contribution in [0.1, 0.15) is 32.8 Å². The lowest BCUT2D eigenvalue weighted by Crippen LogP contribution is -2.44. The molecule has 0 unspecified atom stereocenters. The van der Waals surface area contributed by atoms with Crippen LogP contribution >= 0.6 is 0 Å². The van der Waals surface area contributed by atoms with Crippen molar-refractivity contribution < 1.29 is 23.9 Å². The van der Waals surface area contributed by atoms with Crippen LogP contribution in [0.5, 0.6) is 0 Å². The third-order valence-electron chi connectivity index (χ3n) is 3.31. The summed E-state index contributed by atoms with van der Waals surface area (Å²) in [5.74, 6) is -0.996. The summed E-state index contributed by atoms with van der Waals surface area (Å²) in [7, 11) is 2.73. The molecule has 0 heterocycles. The number of likely N-dealkylation sites (N-methyl/N-ethyl adjacent to an activating group) is 1. The number of carbonyl (C=O) groups excluding carboxylic acids is 3. The number of hydrogen-bond donors (Lipinski definition) is 0. The van der Waals surface area contributed by atoms with Gasteiger partial charge in [0.15, 0.2) is 5.78 Å². The Hall–Kier alpha value is -2.37. The van der Waals surface area contributed by atoms with E-state index in [9.17, 15) is 14.4 Å². The van der Waals surface area contributed by atoms with Gasteiger partial charge in [-0.15, -0.1) is 0 Å². The maximum absolute atomic E-state index is 12.6. The molecule has 24 heavy (non-hydrogen) atoms. The molecule has 132 valence electrons. The topological polar surface area (TPSA) is 72.9 Å². The van der Waals surface area contributed by atoms with Crippen LogP contribution in [0.25, 0.3) is 0 Å². The Morgan fingerprint density at radius 1 is 1.12 bits per heavy atom. The lowest BCUT2D eigenvalue weighted by Gasteiger charge is -2.26. The van der Waals surface area contributed by atoms with Gasteiger partial charge in [-0.2, -0.15) is 0 Å². The first kappa shape index (κ1) is 19.7. The Kier molecular flexibility index (Phi) is 6.95. The van der Waals surface area contributed by atoms with Gasteiger partial charge in [0.05, 0.1) is 13.2 Å². The number of methoxy groups -OCH3 is 1. The standard InChI is InChI=1S/C18H25NO5/c1-18(2,3)24-16(21)12-15(20)14(19(4)17(22)23-5)11-13-9-7-6-8-10-13/h6-10,14H,11-12H2,1-5H3/t14-/m0/s1. The van der Waals surface area contributed by atoms with Crippen LogP contribution < -0.4 is 0 Å². The molecule has 6 nitrogen and oxygen atoms in total. The fourth-order valence-electron chi connectivity index (χ4n) is 2.21. The molecule has 1 rings (SSSR count). The van der Waals surface area contributed by atoms with Gasteiger partial charge < -0.3 is 14.4 Å². The van der Waals surface area contributed by atoms with Gasteiger partial charge in [-0.3, -0.25) is 9.59 Å². The minimum atomic E-state index is -0.799. The fourth-order valence-corrected chi connectivity index (χ4v) is 2.21. The smallest absolute Gasteiger partial charge is 0.409 e. The van der Waals surface area contributed by atoms with E-state index < -0.39 is 30.1 Å². The molecule has 0 radical (unpaired) electrons. The van der Waals surface area contributed by atoms with Crippen LogP contribution in [-0.2, 0) is 25.5 Å². The number of ketones is 1. The van der Waals surface area contributed by atoms with Crippen LogP contribution in [0.4, 0.5) is 4.79 Å². The summed E-state index contributed by atoms with van der Waals surface area (Å²) >= 11 is 0. The molecule has 6 heteroatoms. The largest absolute Gasteiger partial charge is 0.460 e. The Labute approximate surface area is 142 Å². The molecule has 0 saturated carbocycles. The first-order valence-corrected chi connectivity index (χ1v) is 7.73. The molecular weight excluding hydrogens is 310 g/mol. The number of ether oxygens (including phenoxy) is 2. The fraction of sp³-hybridized carbons (Fsp3) is 0.500. The first-order valence-electron chi connectivity index (χ1n) is 7.73. The summed E-state index contributed by atoms with van der Waals surface area (Å²) in [6.45, 7) is 5.20. The number of nitrogens with zero attached hydrogens (tertiary/aromatic N) is 1. The molecule has 0 aliphatic rings. The molecule has 1 aromatic rings. The molecule has 1 amide bonds. The number of hydrogen-bond acceptors (Lipinski definition) is 5. The SMILES string of the molecule is COC(=O)N(C)[C@@H](Cc1ccccc1)C(=O)CC(=O)OC(C)(C)C. The predicted molar refractivity (Wildman–Crippen MR) is 89.6 cm³/mol. The lowest BCUT2D eigenvalue weighted by molar-refractivity contribution is -0.156. The number of amides is 1. The van der Waals surface area contributed by atoms with Crippen molar-refractivity contribution in [3.05, 3.63) is 35.9 Å². The van der Waals surface area contributed by atoms with Gasteiger partial charge in [0.25, 0.3) is 0 Å². The van der Waals surface area contributed by atoms with Gasteiger partial charge in [-0.25, -0.2) is 4.79 Å². The van der Waals surface area contributed by atoms with Crippen LogP contribution in [0.3, 0.4) is 0 Å². The number of benzene rings is 1. The molecule has 0 fully saturated rings. The van der Waals surface area contributed by atoms with Gasteiger partial charge in [-0.05, 0) is 26.3 Å². The van der Waals surface area contributed by atoms with Crippen molar-refractivity contribution in [3.8, 4) is 0 Å². The number of carbonyl (C=O) groups is 3. The van der Waals surface area contributed by atoms with E-state index in [1.165, 1.54) is 19.1 Å². The van der Waals surface area contributed by atoms with Gasteiger partial charge in [0.2, 0.25) is 0 Å². The van der Waals surface area contributed by atoms with E-state index in [1.54, 1.807) is 20.8 Å². The summed E-state index contributed by atoms with van der Waals surface area (Å²) < 4.78 is 9.87.